The van der Waals surface area contributed by atoms with E-state index in [4.69, 9.17) is 0 Å². The molecule has 0 bridgehead atoms. The molecule has 2 N–H and O–H groups in total. The summed E-state index contributed by atoms with van der Waals surface area (Å²) in [6, 6.07) is 5.73. The van der Waals surface area contributed by atoms with E-state index in [9.17, 15) is 10.0 Å². The van der Waals surface area contributed by atoms with E-state index in [1.807, 2.05) is 12.1 Å². The third-order valence-corrected chi connectivity index (χ3v) is 3.04. The highest BCUT2D eigenvalue weighted by Crippen LogP contribution is 2.28. The number of hydrogen-bond donors (Lipinski definition) is 2. The van der Waals surface area contributed by atoms with Gasteiger partial charge in [0.2, 0.25) is 0 Å². The Balaban J connectivity index is 2.43. The van der Waals surface area contributed by atoms with Crippen LogP contribution in [0.5, 0.6) is 0 Å². The fourth-order valence-corrected chi connectivity index (χ4v) is 2.33. The molecule has 1 aromatic heterocycles. The lowest BCUT2D eigenvalue weighted by molar-refractivity contribution is 0.426. The van der Waals surface area contributed by atoms with Crippen LogP contribution in [0.15, 0.2) is 24.4 Å². The first-order valence-corrected chi connectivity index (χ1v) is 5.03. The van der Waals surface area contributed by atoms with Crippen LogP contribution in [0.4, 0.5) is 0 Å². The van der Waals surface area contributed by atoms with E-state index in [1.54, 1.807) is 12.3 Å². The molecule has 15 heavy (non-hydrogen) atoms. The zero-order chi connectivity index (χ0) is 10.4. The van der Waals surface area contributed by atoms with Crippen molar-refractivity contribution in [3.8, 4) is 0 Å². The smallest absolute Gasteiger partial charge is 0.423 e. The van der Waals surface area contributed by atoms with Crippen molar-refractivity contribution in [2.75, 3.05) is 0 Å². The molecule has 4 heteroatoms. The van der Waals surface area contributed by atoms with Gasteiger partial charge in [-0.15, -0.1) is 0 Å². The summed E-state index contributed by atoms with van der Waals surface area (Å²) in [5.74, 6) is 0. The van der Waals surface area contributed by atoms with Gasteiger partial charge in [-0.25, -0.2) is 0 Å². The number of hydrogen-bond acceptors (Lipinski definition) is 3. The van der Waals surface area contributed by atoms with Crippen LogP contribution in [0, 0.1) is 0 Å². The molecule has 0 amide bonds. The molecular formula is C11H10BNO2. The molecule has 0 unspecified atom stereocenters. The van der Waals surface area contributed by atoms with Crippen LogP contribution in [-0.2, 0) is 12.8 Å². The maximum absolute atomic E-state index is 9.24. The van der Waals surface area contributed by atoms with Gasteiger partial charge in [-0.1, -0.05) is 12.1 Å². The Morgan fingerprint density at radius 2 is 1.80 bits per heavy atom. The molecular weight excluding hydrogens is 189 g/mol. The van der Waals surface area contributed by atoms with Gasteiger partial charge in [0.05, 0.1) is 5.52 Å². The van der Waals surface area contributed by atoms with Gasteiger partial charge in [0, 0.05) is 17.0 Å². The van der Waals surface area contributed by atoms with E-state index in [-0.39, 0.29) is 0 Å². The summed E-state index contributed by atoms with van der Waals surface area (Å²) in [5, 5.41) is 19.6. The molecule has 0 atom stereocenters. The van der Waals surface area contributed by atoms with Crippen molar-refractivity contribution in [2.45, 2.75) is 12.8 Å². The summed E-state index contributed by atoms with van der Waals surface area (Å²) in [5.41, 5.74) is 3.75. The highest BCUT2D eigenvalue weighted by atomic mass is 16.4. The summed E-state index contributed by atoms with van der Waals surface area (Å²) in [6.45, 7) is 0. The maximum Gasteiger partial charge on any atom is 0.490 e. The predicted octanol–water partition coefficient (Wildman–Crippen LogP) is 0.0132. The fraction of sp³-hybridized carbons (Fsp3) is 0.182. The van der Waals surface area contributed by atoms with Gasteiger partial charge in [0.15, 0.2) is 0 Å². The van der Waals surface area contributed by atoms with Crippen molar-refractivity contribution in [2.24, 2.45) is 0 Å². The number of aryl methyl sites for hydroxylation is 2. The van der Waals surface area contributed by atoms with Gasteiger partial charge in [0.25, 0.3) is 0 Å². The molecule has 0 saturated heterocycles. The Bertz CT molecular complexity index is 529. The largest absolute Gasteiger partial charge is 0.490 e. The summed E-state index contributed by atoms with van der Waals surface area (Å²) < 4.78 is 0. The van der Waals surface area contributed by atoms with Crippen LogP contribution >= 0.6 is 0 Å². The first kappa shape index (κ1) is 8.89. The normalized spacial score (nSPS) is 13.5. The number of aromatic nitrogens is 1. The van der Waals surface area contributed by atoms with E-state index in [2.05, 4.69) is 4.98 Å². The zero-order valence-corrected chi connectivity index (χ0v) is 8.14. The Morgan fingerprint density at radius 3 is 2.53 bits per heavy atom. The van der Waals surface area contributed by atoms with Crippen molar-refractivity contribution in [3.05, 3.63) is 35.5 Å². The van der Waals surface area contributed by atoms with Gasteiger partial charge in [-0.2, -0.15) is 0 Å². The average molecular weight is 199 g/mol. The number of rotatable bonds is 1. The molecule has 0 radical (unpaired) electrons. The molecule has 1 aliphatic rings. The van der Waals surface area contributed by atoms with E-state index in [0.717, 1.165) is 23.7 Å². The second-order valence-corrected chi connectivity index (χ2v) is 3.88. The molecule has 1 heterocycles. The molecule has 3 nitrogen and oxygen atoms in total. The third-order valence-electron chi connectivity index (χ3n) is 3.04. The molecule has 0 spiro atoms. The summed E-state index contributed by atoms with van der Waals surface area (Å²) in [7, 11) is -1.44. The van der Waals surface area contributed by atoms with Gasteiger partial charge >= 0.3 is 7.12 Å². The van der Waals surface area contributed by atoms with Gasteiger partial charge in [-0.05, 0) is 30.0 Å². The number of benzene rings is 1. The molecule has 2 aromatic rings. The zero-order valence-electron chi connectivity index (χ0n) is 8.14. The van der Waals surface area contributed by atoms with Gasteiger partial charge in [0.1, 0.15) is 0 Å². The lowest BCUT2D eigenvalue weighted by Gasteiger charge is -2.06. The summed E-state index contributed by atoms with van der Waals surface area (Å²) in [6.07, 6.45) is 3.79. The first-order valence-electron chi connectivity index (χ1n) is 5.03. The third kappa shape index (κ3) is 1.19. The predicted molar refractivity (Wildman–Crippen MR) is 59.0 cm³/mol. The topological polar surface area (TPSA) is 53.4 Å². The molecule has 0 fully saturated rings. The van der Waals surface area contributed by atoms with Crippen LogP contribution in [0.25, 0.3) is 10.9 Å². The average Bonchev–Trinajstić information content (AvgIpc) is 2.64. The fourth-order valence-electron chi connectivity index (χ4n) is 2.33. The number of pyridine rings is 1. The van der Waals surface area contributed by atoms with Crippen molar-refractivity contribution in [3.63, 3.8) is 0 Å². The van der Waals surface area contributed by atoms with Crippen molar-refractivity contribution in [1.82, 2.24) is 4.98 Å². The van der Waals surface area contributed by atoms with E-state index >= 15 is 0 Å². The van der Waals surface area contributed by atoms with Crippen molar-refractivity contribution >= 4 is 23.5 Å². The van der Waals surface area contributed by atoms with E-state index < -0.39 is 7.12 Å². The van der Waals surface area contributed by atoms with Crippen molar-refractivity contribution < 1.29 is 10.0 Å². The molecule has 1 aromatic carbocycles. The van der Waals surface area contributed by atoms with Crippen LogP contribution in [-0.4, -0.2) is 22.2 Å². The second kappa shape index (κ2) is 3.05. The Kier molecular flexibility index (Phi) is 1.81. The lowest BCUT2D eigenvalue weighted by atomic mass is 9.78. The quantitative estimate of drug-likeness (QED) is 0.636. The first-order chi connectivity index (χ1) is 7.27. The van der Waals surface area contributed by atoms with E-state index in [0.29, 0.717) is 5.46 Å². The maximum atomic E-state index is 9.24. The van der Waals surface area contributed by atoms with Crippen LogP contribution in [0.3, 0.4) is 0 Å². The van der Waals surface area contributed by atoms with Gasteiger partial charge in [-0.3, -0.25) is 4.98 Å². The van der Waals surface area contributed by atoms with E-state index in [1.165, 1.54) is 11.1 Å². The van der Waals surface area contributed by atoms with Gasteiger partial charge < -0.3 is 10.0 Å². The molecule has 3 rings (SSSR count). The molecule has 0 saturated carbocycles. The summed E-state index contributed by atoms with van der Waals surface area (Å²) >= 11 is 0. The SMILES string of the molecule is OB(O)c1ccc2c3c(ccnc13)CC2. The Morgan fingerprint density at radius 1 is 1.07 bits per heavy atom. The minimum atomic E-state index is -1.44. The second-order valence-electron chi connectivity index (χ2n) is 3.88. The Hall–Kier alpha value is -1.39. The minimum absolute atomic E-state index is 0.498. The monoisotopic (exact) mass is 199 g/mol. The highest BCUT2D eigenvalue weighted by Gasteiger charge is 2.21. The van der Waals surface area contributed by atoms with Crippen LogP contribution < -0.4 is 5.46 Å². The lowest BCUT2D eigenvalue weighted by Crippen LogP contribution is -2.31. The molecule has 0 aliphatic heterocycles. The Labute approximate surface area is 87.5 Å². The minimum Gasteiger partial charge on any atom is -0.423 e. The van der Waals surface area contributed by atoms with Crippen LogP contribution in [0.1, 0.15) is 11.1 Å². The molecule has 1 aliphatic carbocycles. The van der Waals surface area contributed by atoms with Crippen molar-refractivity contribution in [1.29, 1.82) is 0 Å². The highest BCUT2D eigenvalue weighted by molar-refractivity contribution is 6.61. The number of nitrogens with zero attached hydrogens (tertiary/aromatic N) is 1. The molecule has 74 valence electrons. The summed E-state index contributed by atoms with van der Waals surface area (Å²) in [4.78, 5) is 4.24. The van der Waals surface area contributed by atoms with Crippen LogP contribution in [0.2, 0.25) is 0 Å². The standard InChI is InChI=1S/C11H10BNO2/c14-12(15)9-4-3-7-1-2-8-5-6-13-11(9)10(7)8/h3-6,14-15H,1-2H2.